The first-order valence-electron chi connectivity index (χ1n) is 6.06. The van der Waals surface area contributed by atoms with E-state index in [0.29, 0.717) is 22.1 Å². The Morgan fingerprint density at radius 2 is 2.20 bits per heavy atom. The molecule has 2 heterocycles. The van der Waals surface area contributed by atoms with Crippen molar-refractivity contribution in [3.05, 3.63) is 22.7 Å². The highest BCUT2D eigenvalue weighted by Gasteiger charge is 2.22. The molecule has 104 valence electrons. The summed E-state index contributed by atoms with van der Waals surface area (Å²) in [7, 11) is 1.58. The minimum absolute atomic E-state index is 0.0268. The second-order valence-corrected chi connectivity index (χ2v) is 5.40. The van der Waals surface area contributed by atoms with Crippen LogP contribution in [0.2, 0.25) is 0 Å². The third-order valence-electron chi connectivity index (χ3n) is 3.02. The summed E-state index contributed by atoms with van der Waals surface area (Å²) in [4.78, 5) is 16.6. The minimum Gasteiger partial charge on any atom is -0.493 e. The Balaban J connectivity index is 2.11. The second-order valence-electron chi connectivity index (χ2n) is 4.40. The molecule has 0 fully saturated rings. The Kier molecular flexibility index (Phi) is 3.10. The van der Waals surface area contributed by atoms with Crippen LogP contribution in [0.1, 0.15) is 22.3 Å². The highest BCUT2D eigenvalue weighted by atomic mass is 32.1. The lowest BCUT2D eigenvalue weighted by atomic mass is 10.2. The number of aryl methyl sites for hydroxylation is 1. The smallest absolute Gasteiger partial charge is 0.231 e. The molecule has 0 atom stereocenters. The van der Waals surface area contributed by atoms with Gasteiger partial charge in [-0.25, -0.2) is 4.98 Å². The molecule has 5 nitrogen and oxygen atoms in total. The summed E-state index contributed by atoms with van der Waals surface area (Å²) in [6, 6.07) is 3.70. The van der Waals surface area contributed by atoms with Crippen molar-refractivity contribution < 1.29 is 19.0 Å². The molecular formula is C14H13NO4S. The standard InChI is InChI=1S/C14H13NO4S/c1-7-13(8(2)16)20-14(15-7)9-4-10(17-3)12-11(5-9)18-6-19-12/h4-5H,6H2,1-3H3. The number of Topliss-reactive ketones (excluding diaryl/α,β-unsaturated/α-hetero) is 1. The maximum Gasteiger partial charge on any atom is 0.231 e. The number of benzene rings is 1. The van der Waals surface area contributed by atoms with Gasteiger partial charge in [-0.05, 0) is 19.1 Å². The van der Waals surface area contributed by atoms with Crippen LogP contribution in [0, 0.1) is 6.92 Å². The molecular weight excluding hydrogens is 278 g/mol. The summed E-state index contributed by atoms with van der Waals surface area (Å²) >= 11 is 1.37. The molecule has 6 heteroatoms. The average molecular weight is 291 g/mol. The number of fused-ring (bicyclic) bond motifs is 1. The average Bonchev–Trinajstić information content (AvgIpc) is 3.03. The number of hydrogen-bond acceptors (Lipinski definition) is 6. The number of hydrogen-bond donors (Lipinski definition) is 0. The number of ether oxygens (including phenoxy) is 3. The van der Waals surface area contributed by atoms with Crippen molar-refractivity contribution in [2.24, 2.45) is 0 Å². The van der Waals surface area contributed by atoms with Crippen LogP contribution in [-0.4, -0.2) is 24.7 Å². The van der Waals surface area contributed by atoms with E-state index in [1.807, 2.05) is 19.1 Å². The number of ketones is 1. The molecule has 1 aliphatic rings. The fourth-order valence-electron chi connectivity index (χ4n) is 2.10. The Labute approximate surface area is 120 Å². The number of carbonyl (C=O) groups excluding carboxylic acids is 1. The van der Waals surface area contributed by atoms with Gasteiger partial charge in [0, 0.05) is 12.5 Å². The number of methoxy groups -OCH3 is 1. The van der Waals surface area contributed by atoms with E-state index in [1.54, 1.807) is 14.0 Å². The van der Waals surface area contributed by atoms with Crippen molar-refractivity contribution >= 4 is 17.1 Å². The molecule has 0 amide bonds. The molecule has 1 aliphatic heterocycles. The number of nitrogens with zero attached hydrogens (tertiary/aromatic N) is 1. The lowest BCUT2D eigenvalue weighted by molar-refractivity contribution is 0.102. The molecule has 20 heavy (non-hydrogen) atoms. The lowest BCUT2D eigenvalue weighted by Gasteiger charge is -2.06. The molecule has 0 bridgehead atoms. The Morgan fingerprint density at radius 1 is 1.40 bits per heavy atom. The molecule has 0 N–H and O–H groups in total. The fraction of sp³-hybridized carbons (Fsp3) is 0.286. The maximum atomic E-state index is 11.5. The summed E-state index contributed by atoms with van der Waals surface area (Å²) < 4.78 is 16.1. The first kappa shape index (κ1) is 12.9. The van der Waals surface area contributed by atoms with Gasteiger partial charge in [0.05, 0.1) is 17.7 Å². The Morgan fingerprint density at radius 3 is 2.85 bits per heavy atom. The predicted molar refractivity (Wildman–Crippen MR) is 75.0 cm³/mol. The van der Waals surface area contributed by atoms with Gasteiger partial charge in [-0.15, -0.1) is 11.3 Å². The summed E-state index contributed by atoms with van der Waals surface area (Å²) in [6.07, 6.45) is 0. The molecule has 0 radical (unpaired) electrons. The highest BCUT2D eigenvalue weighted by molar-refractivity contribution is 7.17. The van der Waals surface area contributed by atoms with Crippen molar-refractivity contribution in [1.29, 1.82) is 0 Å². The molecule has 0 spiro atoms. The lowest BCUT2D eigenvalue weighted by Crippen LogP contribution is -1.93. The number of carbonyl (C=O) groups is 1. The van der Waals surface area contributed by atoms with Crippen LogP contribution < -0.4 is 14.2 Å². The largest absolute Gasteiger partial charge is 0.493 e. The zero-order valence-electron chi connectivity index (χ0n) is 11.4. The van der Waals surface area contributed by atoms with Crippen molar-refractivity contribution in [2.45, 2.75) is 13.8 Å². The Bertz CT molecular complexity index is 693. The van der Waals surface area contributed by atoms with Gasteiger partial charge >= 0.3 is 0 Å². The minimum atomic E-state index is 0.0268. The first-order valence-corrected chi connectivity index (χ1v) is 6.88. The molecule has 2 aromatic rings. The summed E-state index contributed by atoms with van der Waals surface area (Å²) in [5, 5.41) is 0.768. The van der Waals surface area contributed by atoms with Gasteiger partial charge in [0.15, 0.2) is 17.3 Å². The molecule has 0 unspecified atom stereocenters. The number of aromatic nitrogens is 1. The van der Waals surface area contributed by atoms with Crippen LogP contribution in [0.5, 0.6) is 17.2 Å². The van der Waals surface area contributed by atoms with Crippen molar-refractivity contribution in [2.75, 3.05) is 13.9 Å². The fourth-order valence-corrected chi connectivity index (χ4v) is 3.05. The van der Waals surface area contributed by atoms with Gasteiger partial charge in [-0.1, -0.05) is 0 Å². The van der Waals surface area contributed by atoms with Gasteiger partial charge in [-0.2, -0.15) is 0 Å². The van der Waals surface area contributed by atoms with Crippen LogP contribution in [0.3, 0.4) is 0 Å². The number of rotatable bonds is 3. The third kappa shape index (κ3) is 2.02. The van der Waals surface area contributed by atoms with E-state index in [-0.39, 0.29) is 12.6 Å². The van der Waals surface area contributed by atoms with Crippen LogP contribution in [0.4, 0.5) is 0 Å². The quantitative estimate of drug-likeness (QED) is 0.813. The molecule has 1 aromatic heterocycles. The molecule has 0 saturated heterocycles. The van der Waals surface area contributed by atoms with Crippen LogP contribution in [-0.2, 0) is 0 Å². The first-order chi connectivity index (χ1) is 9.60. The summed E-state index contributed by atoms with van der Waals surface area (Å²) in [5.41, 5.74) is 1.60. The molecule has 0 saturated carbocycles. The van der Waals surface area contributed by atoms with Gasteiger partial charge < -0.3 is 14.2 Å². The van der Waals surface area contributed by atoms with Crippen molar-refractivity contribution in [1.82, 2.24) is 4.98 Å². The highest BCUT2D eigenvalue weighted by Crippen LogP contribution is 2.44. The van der Waals surface area contributed by atoms with E-state index in [2.05, 4.69) is 4.98 Å². The third-order valence-corrected chi connectivity index (χ3v) is 4.33. The van der Waals surface area contributed by atoms with E-state index >= 15 is 0 Å². The van der Waals surface area contributed by atoms with E-state index < -0.39 is 0 Å². The van der Waals surface area contributed by atoms with Gasteiger partial charge in [0.2, 0.25) is 12.5 Å². The van der Waals surface area contributed by atoms with E-state index in [1.165, 1.54) is 11.3 Å². The zero-order chi connectivity index (χ0) is 14.3. The molecule has 0 aliphatic carbocycles. The Hall–Kier alpha value is -2.08. The van der Waals surface area contributed by atoms with Crippen LogP contribution in [0.15, 0.2) is 12.1 Å². The van der Waals surface area contributed by atoms with Gasteiger partial charge in [-0.3, -0.25) is 4.79 Å². The number of thiazole rings is 1. The maximum absolute atomic E-state index is 11.5. The monoisotopic (exact) mass is 291 g/mol. The molecule has 1 aromatic carbocycles. The van der Waals surface area contributed by atoms with Crippen molar-refractivity contribution in [3.8, 4) is 27.8 Å². The van der Waals surface area contributed by atoms with Crippen LogP contribution in [0.25, 0.3) is 10.6 Å². The van der Waals surface area contributed by atoms with E-state index in [9.17, 15) is 4.79 Å². The van der Waals surface area contributed by atoms with Crippen LogP contribution >= 0.6 is 11.3 Å². The van der Waals surface area contributed by atoms with Crippen molar-refractivity contribution in [3.63, 3.8) is 0 Å². The van der Waals surface area contributed by atoms with E-state index in [0.717, 1.165) is 16.3 Å². The predicted octanol–water partition coefficient (Wildman–Crippen LogP) is 3.06. The topological polar surface area (TPSA) is 57.7 Å². The summed E-state index contributed by atoms with van der Waals surface area (Å²) in [6.45, 7) is 3.57. The normalized spacial score (nSPS) is 12.6. The van der Waals surface area contributed by atoms with Gasteiger partial charge in [0.1, 0.15) is 5.01 Å². The SMILES string of the molecule is COc1cc(-c2nc(C)c(C(C)=O)s2)cc2c1OCO2. The molecule has 3 rings (SSSR count). The zero-order valence-corrected chi connectivity index (χ0v) is 12.2. The van der Waals surface area contributed by atoms with E-state index in [4.69, 9.17) is 14.2 Å². The summed E-state index contributed by atoms with van der Waals surface area (Å²) in [5.74, 6) is 1.87. The second kappa shape index (κ2) is 4.79. The van der Waals surface area contributed by atoms with Gasteiger partial charge in [0.25, 0.3) is 0 Å².